The number of aromatic nitrogens is 2. The number of imidazole rings is 1. The highest BCUT2D eigenvalue weighted by Crippen LogP contribution is 2.19. The van der Waals surface area contributed by atoms with Gasteiger partial charge < -0.3 is 15.2 Å². The normalized spacial score (nSPS) is 10.6. The van der Waals surface area contributed by atoms with Gasteiger partial charge in [0.2, 0.25) is 0 Å². The molecule has 5 heteroatoms. The van der Waals surface area contributed by atoms with Crippen LogP contribution < -0.4 is 10.6 Å². The number of hydrogen-bond donors (Lipinski definition) is 1. The van der Waals surface area contributed by atoms with Gasteiger partial charge in [-0.25, -0.2) is 4.98 Å². The second-order valence-electron chi connectivity index (χ2n) is 5.00. The molecule has 20 heavy (non-hydrogen) atoms. The number of benzene rings is 1. The first-order valence-corrected chi connectivity index (χ1v) is 6.59. The molecule has 1 aromatic heterocycles. The summed E-state index contributed by atoms with van der Waals surface area (Å²) in [6.07, 6.45) is 3.36. The van der Waals surface area contributed by atoms with E-state index in [1.807, 2.05) is 30.5 Å². The van der Waals surface area contributed by atoms with Crippen molar-refractivity contribution in [1.29, 1.82) is 0 Å². The zero-order chi connectivity index (χ0) is 14.7. The summed E-state index contributed by atoms with van der Waals surface area (Å²) in [6.45, 7) is 5.22. The fraction of sp³-hybridized carbons (Fsp3) is 0.333. The van der Waals surface area contributed by atoms with Gasteiger partial charge in [0, 0.05) is 32.0 Å². The van der Waals surface area contributed by atoms with Crippen molar-refractivity contribution in [3.05, 3.63) is 47.5 Å². The van der Waals surface area contributed by atoms with Gasteiger partial charge in [0.15, 0.2) is 0 Å². The molecule has 0 saturated carbocycles. The van der Waals surface area contributed by atoms with Gasteiger partial charge in [-0.2, -0.15) is 0 Å². The Morgan fingerprint density at radius 2 is 1.95 bits per heavy atom. The van der Waals surface area contributed by atoms with Crippen LogP contribution in [-0.2, 0) is 6.54 Å². The average Bonchev–Trinajstić information content (AvgIpc) is 2.85. The van der Waals surface area contributed by atoms with Crippen molar-refractivity contribution >= 4 is 11.6 Å². The van der Waals surface area contributed by atoms with Gasteiger partial charge in [0.25, 0.3) is 5.91 Å². The Balaban J connectivity index is 2.22. The second kappa shape index (κ2) is 5.88. The van der Waals surface area contributed by atoms with Gasteiger partial charge >= 0.3 is 0 Å². The Hall–Kier alpha value is -2.14. The summed E-state index contributed by atoms with van der Waals surface area (Å²) in [7, 11) is 1.76. The quantitative estimate of drug-likeness (QED) is 0.922. The van der Waals surface area contributed by atoms with Crippen LogP contribution in [0, 0.1) is 13.8 Å². The Morgan fingerprint density at radius 1 is 1.30 bits per heavy atom. The first kappa shape index (κ1) is 14.3. The number of hydrogen-bond acceptors (Lipinski definition) is 3. The van der Waals surface area contributed by atoms with E-state index >= 15 is 0 Å². The molecule has 0 unspecified atom stereocenters. The molecule has 2 N–H and O–H groups in total. The molecular weight excluding hydrogens is 252 g/mol. The van der Waals surface area contributed by atoms with E-state index in [4.69, 9.17) is 5.73 Å². The first-order chi connectivity index (χ1) is 9.51. The van der Waals surface area contributed by atoms with Crippen LogP contribution in [0.1, 0.15) is 21.6 Å². The molecule has 2 aromatic rings. The minimum Gasteiger partial charge on any atom is -0.335 e. The van der Waals surface area contributed by atoms with Crippen molar-refractivity contribution in [3.63, 3.8) is 0 Å². The summed E-state index contributed by atoms with van der Waals surface area (Å²) in [5.74, 6) is -0.120. The minimum atomic E-state index is -0.120. The highest BCUT2D eigenvalue weighted by atomic mass is 16.2. The molecule has 2 rings (SSSR count). The lowest BCUT2D eigenvalue weighted by Gasteiger charge is -2.17. The van der Waals surface area contributed by atoms with E-state index < -0.39 is 0 Å². The molecular formula is C15H20N4O. The Labute approximate surface area is 119 Å². The fourth-order valence-corrected chi connectivity index (χ4v) is 2.18. The summed E-state index contributed by atoms with van der Waals surface area (Å²) >= 11 is 0. The van der Waals surface area contributed by atoms with E-state index in [1.165, 1.54) is 0 Å². The van der Waals surface area contributed by atoms with Crippen molar-refractivity contribution in [2.75, 3.05) is 18.5 Å². The van der Waals surface area contributed by atoms with Crippen LogP contribution in [0.15, 0.2) is 30.7 Å². The molecule has 0 saturated heterocycles. The van der Waals surface area contributed by atoms with Gasteiger partial charge in [-0.3, -0.25) is 4.79 Å². The number of amides is 1. The maximum Gasteiger partial charge on any atom is 0.278 e. The summed E-state index contributed by atoms with van der Waals surface area (Å²) in [6, 6.07) is 6.06. The van der Waals surface area contributed by atoms with Crippen LogP contribution >= 0.6 is 0 Å². The lowest BCUT2D eigenvalue weighted by Crippen LogP contribution is -2.26. The Kier molecular flexibility index (Phi) is 4.20. The number of nitrogens with two attached hydrogens (primary N) is 1. The van der Waals surface area contributed by atoms with E-state index in [0.29, 0.717) is 18.8 Å². The Bertz CT molecular complexity index is 598. The molecule has 0 aliphatic rings. The van der Waals surface area contributed by atoms with Crippen LogP contribution in [0.4, 0.5) is 5.69 Å². The zero-order valence-corrected chi connectivity index (χ0v) is 12.1. The van der Waals surface area contributed by atoms with E-state index in [0.717, 1.165) is 16.8 Å². The summed E-state index contributed by atoms with van der Waals surface area (Å²) in [4.78, 5) is 18.2. The second-order valence-corrected chi connectivity index (χ2v) is 5.00. The van der Waals surface area contributed by atoms with E-state index in [2.05, 4.69) is 11.1 Å². The van der Waals surface area contributed by atoms with E-state index in [9.17, 15) is 4.79 Å². The highest BCUT2D eigenvalue weighted by Gasteiger charge is 2.16. The predicted molar refractivity (Wildman–Crippen MR) is 79.9 cm³/mol. The average molecular weight is 272 g/mol. The van der Waals surface area contributed by atoms with Crippen LogP contribution in [0.5, 0.6) is 0 Å². The summed E-state index contributed by atoms with van der Waals surface area (Å²) < 4.78 is 1.82. The maximum atomic E-state index is 12.4. The number of nitrogens with zero attached hydrogens (tertiary/aromatic N) is 3. The molecule has 1 aromatic carbocycles. The van der Waals surface area contributed by atoms with Crippen molar-refractivity contribution in [2.24, 2.45) is 5.73 Å². The molecule has 5 nitrogen and oxygen atoms in total. The SMILES string of the molecule is Cc1cc(C)cc(N(C)C(=O)c2cn(CCN)cn2)c1. The third-order valence-corrected chi connectivity index (χ3v) is 3.14. The zero-order valence-electron chi connectivity index (χ0n) is 12.1. The number of anilines is 1. The summed E-state index contributed by atoms with van der Waals surface area (Å²) in [5, 5.41) is 0. The standard InChI is InChI=1S/C15H20N4O/c1-11-6-12(2)8-13(7-11)18(3)15(20)14-9-19(5-4-16)10-17-14/h6-10H,4-5,16H2,1-3H3. The smallest absolute Gasteiger partial charge is 0.278 e. The third-order valence-electron chi connectivity index (χ3n) is 3.14. The largest absolute Gasteiger partial charge is 0.335 e. The molecule has 0 atom stereocenters. The molecule has 1 amide bonds. The number of carbonyl (C=O) groups excluding carboxylic acids is 1. The van der Waals surface area contributed by atoms with Crippen LogP contribution in [0.3, 0.4) is 0 Å². The monoisotopic (exact) mass is 272 g/mol. The molecule has 0 radical (unpaired) electrons. The Morgan fingerprint density at radius 3 is 2.55 bits per heavy atom. The molecule has 0 fully saturated rings. The topological polar surface area (TPSA) is 64.2 Å². The first-order valence-electron chi connectivity index (χ1n) is 6.59. The fourth-order valence-electron chi connectivity index (χ4n) is 2.18. The molecule has 1 heterocycles. The molecule has 106 valence electrons. The number of carbonyl (C=O) groups is 1. The number of rotatable bonds is 4. The van der Waals surface area contributed by atoms with Crippen molar-refractivity contribution < 1.29 is 4.79 Å². The molecule has 0 spiro atoms. The number of aryl methyl sites for hydroxylation is 2. The van der Waals surface area contributed by atoms with Crippen molar-refractivity contribution in [1.82, 2.24) is 9.55 Å². The lowest BCUT2D eigenvalue weighted by atomic mass is 10.1. The van der Waals surface area contributed by atoms with Crippen molar-refractivity contribution in [3.8, 4) is 0 Å². The maximum absolute atomic E-state index is 12.4. The van der Waals surface area contributed by atoms with Crippen LogP contribution in [0.25, 0.3) is 0 Å². The van der Waals surface area contributed by atoms with E-state index in [-0.39, 0.29) is 5.91 Å². The molecule has 0 bridgehead atoms. The van der Waals surface area contributed by atoms with Gasteiger partial charge in [0.05, 0.1) is 6.33 Å². The third kappa shape index (κ3) is 3.05. The predicted octanol–water partition coefficient (Wildman–Crippen LogP) is 1.74. The molecule has 0 aliphatic carbocycles. The van der Waals surface area contributed by atoms with Gasteiger partial charge in [-0.05, 0) is 37.1 Å². The van der Waals surface area contributed by atoms with Crippen LogP contribution in [0.2, 0.25) is 0 Å². The van der Waals surface area contributed by atoms with Crippen molar-refractivity contribution in [2.45, 2.75) is 20.4 Å². The van der Waals surface area contributed by atoms with Gasteiger partial charge in [-0.1, -0.05) is 6.07 Å². The van der Waals surface area contributed by atoms with E-state index in [1.54, 1.807) is 24.5 Å². The summed E-state index contributed by atoms with van der Waals surface area (Å²) in [5.41, 5.74) is 9.06. The highest BCUT2D eigenvalue weighted by molar-refractivity contribution is 6.04. The molecule has 0 aliphatic heterocycles. The minimum absolute atomic E-state index is 0.120. The van der Waals surface area contributed by atoms with Crippen LogP contribution in [-0.4, -0.2) is 29.1 Å². The van der Waals surface area contributed by atoms with Gasteiger partial charge in [-0.15, -0.1) is 0 Å². The lowest BCUT2D eigenvalue weighted by molar-refractivity contribution is 0.0988. The van der Waals surface area contributed by atoms with Gasteiger partial charge in [0.1, 0.15) is 5.69 Å².